The molecule has 1 N–H and O–H groups in total. The fourth-order valence-corrected chi connectivity index (χ4v) is 2.86. The summed E-state index contributed by atoms with van der Waals surface area (Å²) in [6.07, 6.45) is -0.939. The summed E-state index contributed by atoms with van der Waals surface area (Å²) in [6.45, 7) is 1.47. The van der Waals surface area contributed by atoms with Crippen molar-refractivity contribution >= 4 is 5.91 Å². The van der Waals surface area contributed by atoms with Gasteiger partial charge in [0.1, 0.15) is 11.9 Å². The zero-order chi connectivity index (χ0) is 17.7. The second kappa shape index (κ2) is 7.96. The molecule has 1 fully saturated rings. The Labute approximate surface area is 138 Å². The molecule has 134 valence electrons. The number of hydrogen-bond acceptors (Lipinski definition) is 2. The highest BCUT2D eigenvalue weighted by molar-refractivity contribution is 5.80. The van der Waals surface area contributed by atoms with Crippen LogP contribution in [-0.2, 0) is 22.3 Å². The first-order chi connectivity index (χ1) is 11.3. The van der Waals surface area contributed by atoms with Gasteiger partial charge < -0.3 is 10.1 Å². The largest absolute Gasteiger partial charge is 0.416 e. The highest BCUT2D eigenvalue weighted by atomic mass is 19.4. The summed E-state index contributed by atoms with van der Waals surface area (Å²) < 4.78 is 57.6. The Bertz CT molecular complexity index is 568. The molecule has 3 nitrogen and oxygen atoms in total. The van der Waals surface area contributed by atoms with Crippen LogP contribution in [0.15, 0.2) is 18.2 Å². The van der Waals surface area contributed by atoms with Gasteiger partial charge in [-0.3, -0.25) is 4.79 Å². The number of rotatable bonds is 6. The minimum absolute atomic E-state index is 0.0391. The van der Waals surface area contributed by atoms with Crippen LogP contribution < -0.4 is 5.32 Å². The van der Waals surface area contributed by atoms with E-state index >= 15 is 0 Å². The summed E-state index contributed by atoms with van der Waals surface area (Å²) in [5.74, 6) is -1.41. The lowest BCUT2D eigenvalue weighted by molar-refractivity contribution is -0.140. The van der Waals surface area contributed by atoms with E-state index in [-0.39, 0.29) is 18.2 Å². The van der Waals surface area contributed by atoms with Gasteiger partial charge in [0.25, 0.3) is 0 Å². The van der Waals surface area contributed by atoms with Gasteiger partial charge in [-0.15, -0.1) is 0 Å². The quantitative estimate of drug-likeness (QED) is 0.784. The van der Waals surface area contributed by atoms with Crippen LogP contribution in [0.25, 0.3) is 0 Å². The Morgan fingerprint density at radius 2 is 2.00 bits per heavy atom. The molecule has 0 bridgehead atoms. The van der Waals surface area contributed by atoms with Crippen molar-refractivity contribution in [3.8, 4) is 0 Å². The lowest BCUT2D eigenvalue weighted by Crippen LogP contribution is -2.38. The summed E-state index contributed by atoms with van der Waals surface area (Å²) in [4.78, 5) is 12.2. The highest BCUT2D eigenvalue weighted by Crippen LogP contribution is 2.32. The third-order valence-electron chi connectivity index (χ3n) is 4.15. The number of alkyl halides is 3. The van der Waals surface area contributed by atoms with Crippen molar-refractivity contribution in [2.45, 2.75) is 64.0 Å². The fraction of sp³-hybridized carbons (Fsp3) is 0.588. The lowest BCUT2D eigenvalue weighted by Gasteiger charge is -2.21. The summed E-state index contributed by atoms with van der Waals surface area (Å²) in [5.41, 5.74) is -1.25. The molecule has 1 atom stereocenters. The molecule has 7 heteroatoms. The Morgan fingerprint density at radius 3 is 2.58 bits per heavy atom. The van der Waals surface area contributed by atoms with Crippen LogP contribution in [0.3, 0.4) is 0 Å². The predicted molar refractivity (Wildman–Crippen MR) is 80.7 cm³/mol. The van der Waals surface area contributed by atoms with Crippen LogP contribution in [-0.4, -0.2) is 18.1 Å². The third kappa shape index (κ3) is 4.93. The molecule has 1 aliphatic carbocycles. The lowest BCUT2D eigenvalue weighted by atomic mass is 10.1. The minimum atomic E-state index is -4.67. The number of hydrogen-bond donors (Lipinski definition) is 1. The van der Waals surface area contributed by atoms with E-state index in [0.29, 0.717) is 12.5 Å². The monoisotopic (exact) mass is 347 g/mol. The van der Waals surface area contributed by atoms with Gasteiger partial charge in [0.15, 0.2) is 0 Å². The van der Waals surface area contributed by atoms with Crippen molar-refractivity contribution in [1.29, 1.82) is 0 Å². The molecule has 1 unspecified atom stereocenters. The average Bonchev–Trinajstić information content (AvgIpc) is 3.03. The number of carbonyl (C=O) groups excluding carboxylic acids is 1. The molecule has 0 aliphatic heterocycles. The molecule has 2 rings (SSSR count). The first-order valence-electron chi connectivity index (χ1n) is 8.10. The Hall–Kier alpha value is -1.63. The summed E-state index contributed by atoms with van der Waals surface area (Å²) in [5, 5.41) is 2.47. The van der Waals surface area contributed by atoms with E-state index in [0.717, 1.165) is 37.8 Å². The number of amides is 1. The van der Waals surface area contributed by atoms with Gasteiger partial charge in [0.2, 0.25) is 5.91 Å². The molecule has 24 heavy (non-hydrogen) atoms. The number of benzene rings is 1. The van der Waals surface area contributed by atoms with Crippen molar-refractivity contribution in [2.24, 2.45) is 0 Å². The molecule has 1 aromatic carbocycles. The third-order valence-corrected chi connectivity index (χ3v) is 4.15. The second-order valence-corrected chi connectivity index (χ2v) is 5.96. The molecular weight excluding hydrogens is 326 g/mol. The summed E-state index contributed by atoms with van der Waals surface area (Å²) in [7, 11) is 0. The number of halogens is 4. The Kier molecular flexibility index (Phi) is 6.21. The standard InChI is InChI=1S/C17H21F4NO2/c1-2-15(24-13-5-3-4-6-13)16(23)22-10-11-7-8-12(18)9-14(11)17(19,20)21/h7-9,13,15H,2-6,10H2,1H3,(H,22,23). The van der Waals surface area contributed by atoms with Gasteiger partial charge >= 0.3 is 6.18 Å². The summed E-state index contributed by atoms with van der Waals surface area (Å²) in [6, 6.07) is 2.42. The van der Waals surface area contributed by atoms with E-state index in [1.54, 1.807) is 6.92 Å². The zero-order valence-electron chi connectivity index (χ0n) is 13.5. The summed E-state index contributed by atoms with van der Waals surface area (Å²) >= 11 is 0. The SMILES string of the molecule is CCC(OC1CCCC1)C(=O)NCc1ccc(F)cc1C(F)(F)F. The van der Waals surface area contributed by atoms with Crippen molar-refractivity contribution < 1.29 is 27.1 Å². The van der Waals surface area contributed by atoms with Crippen LogP contribution in [0.4, 0.5) is 17.6 Å². The van der Waals surface area contributed by atoms with Gasteiger partial charge in [-0.1, -0.05) is 25.8 Å². The van der Waals surface area contributed by atoms with E-state index in [1.165, 1.54) is 0 Å². The zero-order valence-corrected chi connectivity index (χ0v) is 13.5. The highest BCUT2D eigenvalue weighted by Gasteiger charge is 2.34. The van der Waals surface area contributed by atoms with Crippen LogP contribution in [0, 0.1) is 5.82 Å². The van der Waals surface area contributed by atoms with Crippen molar-refractivity contribution in [3.63, 3.8) is 0 Å². The maximum absolute atomic E-state index is 13.1. The fourth-order valence-electron chi connectivity index (χ4n) is 2.86. The minimum Gasteiger partial charge on any atom is -0.365 e. The maximum Gasteiger partial charge on any atom is 0.416 e. The number of nitrogens with one attached hydrogen (secondary N) is 1. The van der Waals surface area contributed by atoms with Crippen LogP contribution in [0.5, 0.6) is 0 Å². The predicted octanol–water partition coefficient (Wildman–Crippen LogP) is 4.20. The normalized spacial score (nSPS) is 17.0. The molecule has 1 aromatic rings. The smallest absolute Gasteiger partial charge is 0.365 e. The number of carbonyl (C=O) groups is 1. The van der Waals surface area contributed by atoms with E-state index in [9.17, 15) is 22.4 Å². The van der Waals surface area contributed by atoms with E-state index in [2.05, 4.69) is 5.32 Å². The van der Waals surface area contributed by atoms with E-state index < -0.39 is 29.6 Å². The van der Waals surface area contributed by atoms with Crippen molar-refractivity contribution in [1.82, 2.24) is 5.32 Å². The molecule has 0 spiro atoms. The molecule has 0 aromatic heterocycles. The molecule has 0 radical (unpaired) electrons. The molecule has 1 aliphatic rings. The second-order valence-electron chi connectivity index (χ2n) is 5.96. The Morgan fingerprint density at radius 1 is 1.33 bits per heavy atom. The van der Waals surface area contributed by atoms with Gasteiger partial charge in [-0.05, 0) is 37.0 Å². The first kappa shape index (κ1) is 18.7. The number of ether oxygens (including phenoxy) is 1. The van der Waals surface area contributed by atoms with Crippen LogP contribution >= 0.6 is 0 Å². The van der Waals surface area contributed by atoms with E-state index in [4.69, 9.17) is 4.74 Å². The van der Waals surface area contributed by atoms with Gasteiger partial charge in [0, 0.05) is 6.54 Å². The molecule has 0 heterocycles. The van der Waals surface area contributed by atoms with Crippen molar-refractivity contribution in [2.75, 3.05) is 0 Å². The molecule has 1 saturated carbocycles. The average molecular weight is 347 g/mol. The van der Waals surface area contributed by atoms with Gasteiger partial charge in [-0.25, -0.2) is 4.39 Å². The van der Waals surface area contributed by atoms with Gasteiger partial charge in [-0.2, -0.15) is 13.2 Å². The molecule has 1 amide bonds. The van der Waals surface area contributed by atoms with E-state index in [1.807, 2.05) is 0 Å². The van der Waals surface area contributed by atoms with Crippen LogP contribution in [0.1, 0.15) is 50.2 Å². The Balaban J connectivity index is 2.00. The molecular formula is C17H21F4NO2. The topological polar surface area (TPSA) is 38.3 Å². The van der Waals surface area contributed by atoms with Crippen LogP contribution in [0.2, 0.25) is 0 Å². The molecule has 0 saturated heterocycles. The first-order valence-corrected chi connectivity index (χ1v) is 8.10. The maximum atomic E-state index is 13.1. The van der Waals surface area contributed by atoms with Crippen molar-refractivity contribution in [3.05, 3.63) is 35.1 Å². The van der Waals surface area contributed by atoms with Gasteiger partial charge in [0.05, 0.1) is 11.7 Å².